The first-order chi connectivity index (χ1) is 46.5. The Labute approximate surface area is 567 Å². The Morgan fingerprint density at radius 1 is 0.385 bits per heavy atom. The molecule has 2 heterocycles. The number of nitrogens with zero attached hydrogens (tertiary/aromatic N) is 1. The molecule has 0 fully saturated rings. The summed E-state index contributed by atoms with van der Waals surface area (Å²) in [6, 6.07) is 94.0. The van der Waals surface area contributed by atoms with Gasteiger partial charge >= 0.3 is 0 Å². The number of aryl methyl sites for hydroxylation is 4. The second-order valence-electron chi connectivity index (χ2n) is 28.4. The maximum atomic E-state index is 6.61. The molecule has 2 aliphatic rings. The summed E-state index contributed by atoms with van der Waals surface area (Å²) in [6.45, 7) is 22.7. The number of fused-ring (bicyclic) bond motifs is 10. The lowest BCUT2D eigenvalue weighted by Gasteiger charge is -2.41. The van der Waals surface area contributed by atoms with Crippen LogP contribution in [0, 0.1) is 13.8 Å². The molecule has 0 unspecified atom stereocenters. The van der Waals surface area contributed by atoms with Gasteiger partial charge in [-0.25, -0.2) is 4.99 Å². The van der Waals surface area contributed by atoms with Gasteiger partial charge in [0.15, 0.2) is 0 Å². The summed E-state index contributed by atoms with van der Waals surface area (Å²) in [4.78, 5) is 11.1. The van der Waals surface area contributed by atoms with Crippen LogP contribution in [0.5, 0.6) is 11.5 Å². The van der Waals surface area contributed by atoms with E-state index in [-0.39, 0.29) is 10.8 Å². The van der Waals surface area contributed by atoms with Crippen molar-refractivity contribution in [3.8, 4) is 112 Å². The van der Waals surface area contributed by atoms with E-state index in [2.05, 4.69) is 323 Å². The molecule has 96 heavy (non-hydrogen) atoms. The standard InChI is InChI=1S/C92H82N2O2/c1-13-58-28-32-66(33-29-58)81-77(62-36-46-68(47-37-62)90(5,6)7)75(64-40-50-71(95-11)51-41-64)79(60-21-17-15-18-22-60)84-83-73-54-27-57(4)55-74(73)92(70-44-25-56(3)26-45-70)85-80(61-23-19-16-20-24-61)76(65-42-52-72(96-12)53-43-65)78(63-38-48-69(49-39-63)91(8,9)10)82(67-34-30-59(14-2)31-35-67)87(85)94-89(92)88(83)93-86(81)84/h15-55,93H,13-14H2,1-12H3/t92-/m0/s1. The minimum atomic E-state index is -1.02. The van der Waals surface area contributed by atoms with Crippen LogP contribution < -0.4 is 9.47 Å². The van der Waals surface area contributed by atoms with E-state index in [0.717, 1.165) is 164 Å². The molecule has 4 nitrogen and oxygen atoms in total. The van der Waals surface area contributed by atoms with Crippen molar-refractivity contribution in [2.24, 2.45) is 4.99 Å². The van der Waals surface area contributed by atoms with Crippen molar-refractivity contribution < 1.29 is 9.47 Å². The third-order valence-electron chi connectivity index (χ3n) is 20.5. The van der Waals surface area contributed by atoms with Crippen molar-refractivity contribution in [1.29, 1.82) is 0 Å². The predicted molar refractivity (Wildman–Crippen MR) is 405 cm³/mol. The summed E-state index contributed by atoms with van der Waals surface area (Å²) in [5.74, 6) is 1.60. The van der Waals surface area contributed by atoms with E-state index in [0.29, 0.717) is 0 Å². The lowest BCUT2D eigenvalue weighted by Crippen LogP contribution is -2.40. The Kier molecular flexibility index (Phi) is 15.4. The molecule has 0 saturated carbocycles. The third kappa shape index (κ3) is 10.1. The topological polar surface area (TPSA) is 46.6 Å². The van der Waals surface area contributed by atoms with Gasteiger partial charge in [-0.2, -0.15) is 0 Å². The smallest absolute Gasteiger partial charge is 0.118 e. The molecule has 0 bridgehead atoms. The molecule has 0 saturated heterocycles. The van der Waals surface area contributed by atoms with Crippen LogP contribution in [0.1, 0.15) is 111 Å². The van der Waals surface area contributed by atoms with E-state index < -0.39 is 5.41 Å². The van der Waals surface area contributed by atoms with E-state index in [1.165, 1.54) is 38.9 Å². The average molecular weight is 1250 g/mol. The van der Waals surface area contributed by atoms with Crippen LogP contribution in [0.25, 0.3) is 111 Å². The Balaban J connectivity index is 1.21. The van der Waals surface area contributed by atoms with Gasteiger partial charge in [-0.15, -0.1) is 0 Å². The van der Waals surface area contributed by atoms with Gasteiger partial charge in [-0.1, -0.05) is 291 Å². The number of aromatic amines is 1. The van der Waals surface area contributed by atoms with Crippen molar-refractivity contribution in [2.45, 2.75) is 98.3 Å². The zero-order valence-electron chi connectivity index (χ0n) is 57.3. The number of aromatic nitrogens is 1. The number of methoxy groups -OCH3 is 2. The van der Waals surface area contributed by atoms with Gasteiger partial charge in [-0.3, -0.25) is 0 Å². The van der Waals surface area contributed by atoms with Crippen LogP contribution >= 0.6 is 0 Å². The molecule has 1 aliphatic heterocycles. The highest BCUT2D eigenvalue weighted by molar-refractivity contribution is 6.32. The quantitative estimate of drug-likeness (QED) is 0.125. The first-order valence-electron chi connectivity index (χ1n) is 34.1. The number of rotatable bonds is 13. The third-order valence-corrected chi connectivity index (χ3v) is 20.5. The number of hydrogen-bond acceptors (Lipinski definition) is 3. The van der Waals surface area contributed by atoms with Gasteiger partial charge in [-0.05, 0) is 162 Å². The molecule has 0 spiro atoms. The normalized spacial score (nSPS) is 14.0. The maximum Gasteiger partial charge on any atom is 0.118 e. The Morgan fingerprint density at radius 2 is 0.781 bits per heavy atom. The molecule has 1 atom stereocenters. The van der Waals surface area contributed by atoms with Crippen LogP contribution in [0.15, 0.2) is 254 Å². The molecular weight excluding hydrogens is 1170 g/mol. The number of benzene rings is 12. The predicted octanol–water partition coefficient (Wildman–Crippen LogP) is 24.3. The van der Waals surface area contributed by atoms with E-state index in [1.807, 2.05) is 0 Å². The van der Waals surface area contributed by atoms with Crippen LogP contribution in [-0.4, -0.2) is 24.9 Å². The minimum Gasteiger partial charge on any atom is -0.497 e. The van der Waals surface area contributed by atoms with Crippen molar-refractivity contribution in [1.82, 2.24) is 4.98 Å². The van der Waals surface area contributed by atoms with E-state index in [9.17, 15) is 0 Å². The largest absolute Gasteiger partial charge is 0.497 e. The first kappa shape index (κ1) is 61.6. The number of aliphatic imine (C=N–C) groups is 1. The van der Waals surface area contributed by atoms with Crippen molar-refractivity contribution in [2.75, 3.05) is 14.2 Å². The first-order valence-corrected chi connectivity index (χ1v) is 34.1. The number of nitrogens with one attached hydrogen (secondary N) is 1. The molecule has 13 aromatic rings. The number of ether oxygens (including phenoxy) is 2. The SMILES string of the molecule is CCc1ccc(-c2c3c(c(-c4ccccc4)c(-c4ccc(OC)cc4)c2-c2ccc(C(C)(C)C)cc2)[C@@]2(c4ccc(C)cc4)C(=N3)c3[nH]c4c(-c5ccc(CC)cc5)c(-c5ccc(C(C)(C)C)cc5)c(-c5ccc(OC)cc5)c(-c5ccccc5)c4c3-c3ccc(C)cc32)cc1. The van der Waals surface area contributed by atoms with E-state index in [4.69, 9.17) is 14.5 Å². The fourth-order valence-corrected chi connectivity index (χ4v) is 15.5. The Bertz CT molecular complexity index is 5140. The van der Waals surface area contributed by atoms with Gasteiger partial charge in [0.05, 0.1) is 42.2 Å². The average Bonchev–Trinajstić information content (AvgIpc) is 1.47. The summed E-state index contributed by atoms with van der Waals surface area (Å²) in [5, 5.41) is 1.14. The molecule has 15 rings (SSSR count). The summed E-state index contributed by atoms with van der Waals surface area (Å²) >= 11 is 0. The van der Waals surface area contributed by atoms with Crippen molar-refractivity contribution >= 4 is 22.3 Å². The van der Waals surface area contributed by atoms with Crippen molar-refractivity contribution in [3.63, 3.8) is 0 Å². The Hall–Kier alpha value is -10.6. The van der Waals surface area contributed by atoms with Gasteiger partial charge in [0, 0.05) is 44.3 Å². The van der Waals surface area contributed by atoms with E-state index >= 15 is 0 Å². The lowest BCUT2D eigenvalue weighted by molar-refractivity contribution is 0.415. The van der Waals surface area contributed by atoms with Crippen LogP contribution in [0.3, 0.4) is 0 Å². The Morgan fingerprint density at radius 3 is 1.25 bits per heavy atom. The fourth-order valence-electron chi connectivity index (χ4n) is 15.5. The summed E-state index contributed by atoms with van der Waals surface area (Å²) < 4.78 is 11.9. The molecule has 1 aliphatic carbocycles. The fraction of sp³-hybridized carbons (Fsp3) is 0.185. The summed E-state index contributed by atoms with van der Waals surface area (Å²) in [5.41, 5.74) is 34.0. The molecule has 0 amide bonds. The lowest BCUT2D eigenvalue weighted by atomic mass is 9.59. The van der Waals surface area contributed by atoms with E-state index in [1.54, 1.807) is 14.2 Å². The maximum absolute atomic E-state index is 6.61. The summed E-state index contributed by atoms with van der Waals surface area (Å²) in [6.07, 6.45) is 1.84. The van der Waals surface area contributed by atoms with Crippen LogP contribution in [-0.2, 0) is 29.1 Å². The highest BCUT2D eigenvalue weighted by Gasteiger charge is 2.56. The molecule has 0 radical (unpaired) electrons. The molecule has 12 aromatic carbocycles. The van der Waals surface area contributed by atoms with Gasteiger partial charge < -0.3 is 14.5 Å². The monoisotopic (exact) mass is 1250 g/mol. The highest BCUT2D eigenvalue weighted by atomic mass is 16.5. The second-order valence-corrected chi connectivity index (χ2v) is 28.4. The number of hydrogen-bond donors (Lipinski definition) is 1. The second kappa shape index (κ2) is 24.0. The molecular formula is C92H82N2O2. The zero-order chi connectivity index (χ0) is 66.4. The zero-order valence-corrected chi connectivity index (χ0v) is 57.3. The molecule has 1 aromatic heterocycles. The van der Waals surface area contributed by atoms with Gasteiger partial charge in [0.1, 0.15) is 11.5 Å². The van der Waals surface area contributed by atoms with Crippen LogP contribution in [0.2, 0.25) is 0 Å². The summed E-state index contributed by atoms with van der Waals surface area (Å²) in [7, 11) is 3.51. The van der Waals surface area contributed by atoms with Gasteiger partial charge in [0.25, 0.3) is 0 Å². The van der Waals surface area contributed by atoms with Crippen molar-refractivity contribution in [3.05, 3.63) is 304 Å². The number of H-pyrrole nitrogens is 1. The van der Waals surface area contributed by atoms with Gasteiger partial charge in [0.2, 0.25) is 0 Å². The minimum absolute atomic E-state index is 0.0602. The van der Waals surface area contributed by atoms with Crippen LogP contribution in [0.4, 0.5) is 5.69 Å². The molecule has 4 heteroatoms. The molecule has 472 valence electrons. The molecule has 1 N–H and O–H groups in total. The highest BCUT2D eigenvalue weighted by Crippen LogP contribution is 2.67.